The molecule has 13 nitrogen and oxygen atoms in total. The summed E-state index contributed by atoms with van der Waals surface area (Å²) in [6.07, 6.45) is -2.84. The van der Waals surface area contributed by atoms with Crippen molar-refractivity contribution in [3.8, 4) is 11.1 Å². The van der Waals surface area contributed by atoms with Crippen LogP contribution in [0, 0.1) is 5.92 Å². The molecule has 1 aliphatic heterocycles. The summed E-state index contributed by atoms with van der Waals surface area (Å²) in [6, 6.07) is 14.3. The van der Waals surface area contributed by atoms with Crippen molar-refractivity contribution in [2.45, 2.75) is 114 Å². The van der Waals surface area contributed by atoms with Crippen LogP contribution >= 0.6 is 11.8 Å². The zero-order valence-electron chi connectivity index (χ0n) is 31.2. The first-order chi connectivity index (χ1) is 24.5. The fraction of sp³-hybridized carbons (Fsp3) is 0.595. The Morgan fingerprint density at radius 1 is 1.10 bits per heavy atom. The van der Waals surface area contributed by atoms with E-state index >= 15 is 0 Å². The van der Waals surface area contributed by atoms with Gasteiger partial charge < -0.3 is 35.4 Å². The molecule has 5 N–H and O–H groups in total. The average molecular weight is 755 g/mol. The van der Waals surface area contributed by atoms with Crippen LogP contribution in [0.2, 0.25) is 18.1 Å². The van der Waals surface area contributed by atoms with Crippen molar-refractivity contribution >= 4 is 38.0 Å². The highest BCUT2D eigenvalue weighted by Gasteiger charge is 2.51. The zero-order chi connectivity index (χ0) is 38.2. The van der Waals surface area contributed by atoms with Crippen molar-refractivity contribution in [3.05, 3.63) is 70.1 Å². The minimum Gasteiger partial charge on any atom is -0.449 e. The Morgan fingerprint density at radius 2 is 1.71 bits per heavy atom. The molecule has 0 unspecified atom stereocenters. The molecule has 1 aliphatic carbocycles. The Kier molecular flexibility index (Phi) is 14.2. The maximum Gasteiger partial charge on any atom is 0.407 e. The second-order valence-corrected chi connectivity index (χ2v) is 21.4. The van der Waals surface area contributed by atoms with Gasteiger partial charge in [-0.15, -0.1) is 11.8 Å². The van der Waals surface area contributed by atoms with E-state index < -0.39 is 62.1 Å². The van der Waals surface area contributed by atoms with Crippen molar-refractivity contribution in [3.63, 3.8) is 0 Å². The molecule has 0 bridgehead atoms. The lowest BCUT2D eigenvalue weighted by molar-refractivity contribution is -0.157. The molecule has 284 valence electrons. The third-order valence-corrected chi connectivity index (χ3v) is 15.8. The van der Waals surface area contributed by atoms with Gasteiger partial charge in [0.2, 0.25) is 11.8 Å². The van der Waals surface area contributed by atoms with Crippen molar-refractivity contribution in [1.29, 1.82) is 0 Å². The summed E-state index contributed by atoms with van der Waals surface area (Å²) in [7, 11) is -2.55. The molecule has 52 heavy (non-hydrogen) atoms. The molecule has 2 aliphatic rings. The topological polar surface area (TPSA) is 198 Å². The predicted molar refractivity (Wildman–Crippen MR) is 205 cm³/mol. The molecular weight excluding hydrogens is 701 g/mol. The van der Waals surface area contributed by atoms with E-state index in [9.17, 15) is 19.5 Å². The first-order valence-corrected chi connectivity index (χ1v) is 21.8. The van der Waals surface area contributed by atoms with Crippen molar-refractivity contribution in [2.24, 2.45) is 16.8 Å². The number of nitrogens with two attached hydrogens (primary N) is 1. The number of aliphatic hydroxyl groups is 1. The third kappa shape index (κ3) is 10.3. The van der Waals surface area contributed by atoms with Gasteiger partial charge in [0.05, 0.1) is 24.8 Å². The number of hydrogen-bond donors (Lipinski definition) is 4. The van der Waals surface area contributed by atoms with Gasteiger partial charge >= 0.3 is 6.09 Å². The predicted octanol–water partition coefficient (Wildman–Crippen LogP) is 6.21. The fourth-order valence-electron chi connectivity index (χ4n) is 6.33. The number of fused-ring (bicyclic) bond motifs is 3. The minimum atomic E-state index is -2.55. The van der Waals surface area contributed by atoms with Crippen molar-refractivity contribution in [1.82, 2.24) is 10.6 Å². The molecule has 2 aromatic carbocycles. The number of azide groups is 1. The Morgan fingerprint density at radius 3 is 2.27 bits per heavy atom. The molecule has 0 spiro atoms. The van der Waals surface area contributed by atoms with E-state index in [1.807, 2.05) is 63.3 Å². The van der Waals surface area contributed by atoms with E-state index in [-0.39, 0.29) is 36.4 Å². The zero-order valence-corrected chi connectivity index (χ0v) is 33.0. The molecule has 2 aromatic rings. The number of amides is 3. The number of hydrogen-bond acceptors (Lipinski definition) is 9. The van der Waals surface area contributed by atoms with Crippen LogP contribution in [0.15, 0.2) is 53.6 Å². The number of carbonyl (C=O) groups is 3. The largest absolute Gasteiger partial charge is 0.449 e. The number of primary amides is 1. The molecular formula is C37H54N6O7SSi. The number of thioether (sulfide) groups is 1. The first kappa shape index (κ1) is 41.2. The van der Waals surface area contributed by atoms with E-state index in [1.165, 1.54) is 11.8 Å². The maximum absolute atomic E-state index is 14.2. The van der Waals surface area contributed by atoms with Crippen LogP contribution in [-0.2, 0) is 23.5 Å². The second kappa shape index (κ2) is 18.0. The number of carbonyl (C=O) groups excluding carboxylic acids is 3. The number of rotatable bonds is 16. The fourth-order valence-corrected chi connectivity index (χ4v) is 8.85. The van der Waals surface area contributed by atoms with E-state index in [1.54, 1.807) is 0 Å². The van der Waals surface area contributed by atoms with Gasteiger partial charge in [0.25, 0.3) is 0 Å². The van der Waals surface area contributed by atoms with Crippen LogP contribution in [0.5, 0.6) is 0 Å². The van der Waals surface area contributed by atoms with Crippen LogP contribution in [0.25, 0.3) is 21.6 Å². The Labute approximate surface area is 311 Å². The average Bonchev–Trinajstić information content (AvgIpc) is 3.39. The molecule has 1 saturated heterocycles. The summed E-state index contributed by atoms with van der Waals surface area (Å²) < 4.78 is 18.9. The standard InChI is InChI=1S/C37H54N6O7SSi/c1-22(2)19-28(41-36(47)48-21-27-25-15-10-8-13-23(25)24-14-9-11-16-26(24)27)34(46)42-31-33(50-52(6,7)37(3,4)5)32(45)29(20-40-43-39)49-35(31)51-18-12-17-30(38)44/h8-11,13-16,22,27-29,31-33,35,45H,12,17-21H2,1-7H3,(H2,38,44)(H,41,47)(H,42,46)/t28-,29+,31+,32-,33+,35+/m0/s1. The van der Waals surface area contributed by atoms with Crippen molar-refractivity contribution in [2.75, 3.05) is 18.9 Å². The Balaban J connectivity index is 1.56. The molecule has 15 heteroatoms. The van der Waals surface area contributed by atoms with Gasteiger partial charge in [-0.25, -0.2) is 4.79 Å². The van der Waals surface area contributed by atoms with Crippen LogP contribution in [0.3, 0.4) is 0 Å². The van der Waals surface area contributed by atoms with Crippen LogP contribution in [-0.4, -0.2) is 86.1 Å². The summed E-state index contributed by atoms with van der Waals surface area (Å²) in [5.74, 6) is -0.561. The quantitative estimate of drug-likeness (QED) is 0.0510. The third-order valence-electron chi connectivity index (χ3n) is 10.1. The molecule has 4 rings (SSSR count). The van der Waals surface area contributed by atoms with Gasteiger partial charge in [-0.05, 0) is 70.4 Å². The van der Waals surface area contributed by atoms with Gasteiger partial charge in [-0.3, -0.25) is 9.59 Å². The van der Waals surface area contributed by atoms with Gasteiger partial charge in [-0.2, -0.15) is 0 Å². The molecule has 6 atom stereocenters. The maximum atomic E-state index is 14.2. The SMILES string of the molecule is CC(C)C[C@H](NC(=O)OCC1c2ccccc2-c2ccccc21)C(=O)N[C@@H]1[C@@H](O[Si](C)(C)C(C)(C)C)[C@@H](O)[C@@H](CN=[N+]=[N-])O[C@@H]1SCCCC(N)=O. The van der Waals surface area contributed by atoms with Gasteiger partial charge in [0, 0.05) is 17.3 Å². The summed E-state index contributed by atoms with van der Waals surface area (Å²) in [5.41, 5.74) is 18.0. The highest BCUT2D eigenvalue weighted by molar-refractivity contribution is 7.99. The molecule has 0 saturated carbocycles. The van der Waals surface area contributed by atoms with Gasteiger partial charge in [-0.1, -0.05) is 88.3 Å². The number of alkyl carbamates (subject to hydrolysis) is 1. The van der Waals surface area contributed by atoms with E-state index in [4.69, 9.17) is 25.2 Å². The first-order valence-electron chi connectivity index (χ1n) is 17.9. The highest BCUT2D eigenvalue weighted by Crippen LogP contribution is 2.45. The van der Waals surface area contributed by atoms with Crippen LogP contribution in [0.4, 0.5) is 4.79 Å². The van der Waals surface area contributed by atoms with Gasteiger partial charge in [0.15, 0.2) is 8.32 Å². The molecule has 1 heterocycles. The van der Waals surface area contributed by atoms with E-state index in [0.29, 0.717) is 18.6 Å². The van der Waals surface area contributed by atoms with Crippen molar-refractivity contribution < 1.29 is 33.4 Å². The lowest BCUT2D eigenvalue weighted by Gasteiger charge is -2.49. The lowest BCUT2D eigenvalue weighted by Crippen LogP contribution is -2.67. The Hall–Kier alpha value is -3.59. The Bertz CT molecular complexity index is 1570. The molecule has 0 aromatic heterocycles. The summed E-state index contributed by atoms with van der Waals surface area (Å²) in [5, 5.41) is 20.9. The number of ether oxygens (including phenoxy) is 2. The normalized spacial score (nSPS) is 22.1. The monoisotopic (exact) mass is 754 g/mol. The number of nitrogens with one attached hydrogen (secondary N) is 2. The number of aliphatic hydroxyl groups excluding tert-OH is 1. The summed E-state index contributed by atoms with van der Waals surface area (Å²) >= 11 is 1.35. The smallest absolute Gasteiger partial charge is 0.407 e. The van der Waals surface area contributed by atoms with Crippen LogP contribution < -0.4 is 16.4 Å². The molecule has 1 fully saturated rings. The molecule has 3 amide bonds. The minimum absolute atomic E-state index is 0.0318. The summed E-state index contributed by atoms with van der Waals surface area (Å²) in [4.78, 5) is 41.9. The molecule has 0 radical (unpaired) electrons. The number of benzene rings is 2. The highest BCUT2D eigenvalue weighted by atomic mass is 32.2. The second-order valence-electron chi connectivity index (χ2n) is 15.4. The lowest BCUT2D eigenvalue weighted by atomic mass is 9.96. The van der Waals surface area contributed by atoms with Gasteiger partial charge in [0.1, 0.15) is 24.2 Å². The number of nitrogens with zero attached hydrogens (tertiary/aromatic N) is 3. The van der Waals surface area contributed by atoms with E-state index in [2.05, 4.69) is 53.6 Å². The summed E-state index contributed by atoms with van der Waals surface area (Å²) in [6.45, 7) is 14.2. The van der Waals surface area contributed by atoms with Crippen LogP contribution in [0.1, 0.15) is 70.9 Å². The van der Waals surface area contributed by atoms with E-state index in [0.717, 1.165) is 22.3 Å².